The van der Waals surface area contributed by atoms with Crippen molar-refractivity contribution in [3.63, 3.8) is 0 Å². The second kappa shape index (κ2) is 9.74. The molecule has 1 aliphatic heterocycles. The van der Waals surface area contributed by atoms with Crippen LogP contribution in [0.25, 0.3) is 11.3 Å². The highest BCUT2D eigenvalue weighted by molar-refractivity contribution is 7.89. The molecule has 2 heterocycles. The molecule has 9 heteroatoms. The van der Waals surface area contributed by atoms with Crippen LogP contribution >= 0.6 is 11.3 Å². The summed E-state index contributed by atoms with van der Waals surface area (Å²) >= 11 is 1.37. The first-order valence-electron chi connectivity index (χ1n) is 10.1. The number of sulfonamides is 1. The second-order valence-electron chi connectivity index (χ2n) is 7.13. The van der Waals surface area contributed by atoms with Crippen LogP contribution in [0.3, 0.4) is 0 Å². The summed E-state index contributed by atoms with van der Waals surface area (Å²) in [6.45, 7) is 5.45. The van der Waals surface area contributed by atoms with Crippen LogP contribution in [0.15, 0.2) is 77.5 Å². The van der Waals surface area contributed by atoms with Gasteiger partial charge in [-0.2, -0.15) is 4.31 Å². The Morgan fingerprint density at radius 1 is 1.12 bits per heavy atom. The zero-order valence-corrected chi connectivity index (χ0v) is 19.0. The Kier molecular flexibility index (Phi) is 6.80. The average Bonchev–Trinajstić information content (AvgIpc) is 3.33. The Bertz CT molecular complexity index is 1190. The quantitative estimate of drug-likeness (QED) is 0.494. The first-order chi connectivity index (χ1) is 15.5. The van der Waals surface area contributed by atoms with Crippen molar-refractivity contribution in [2.75, 3.05) is 37.7 Å². The fourth-order valence-corrected chi connectivity index (χ4v) is 5.62. The summed E-state index contributed by atoms with van der Waals surface area (Å²) < 4.78 is 32.3. The minimum atomic E-state index is -3.61. The minimum absolute atomic E-state index is 0.159. The van der Waals surface area contributed by atoms with Gasteiger partial charge in [0.1, 0.15) is 0 Å². The molecular weight excluding hydrogens is 446 g/mol. The molecule has 0 unspecified atom stereocenters. The summed E-state index contributed by atoms with van der Waals surface area (Å²) in [5.41, 5.74) is 2.14. The van der Waals surface area contributed by atoms with Gasteiger partial charge in [0.25, 0.3) is 5.91 Å². The third-order valence-corrected chi connectivity index (χ3v) is 7.83. The molecule has 1 amide bonds. The number of nitrogens with zero attached hydrogens (tertiary/aromatic N) is 3. The molecule has 32 heavy (non-hydrogen) atoms. The Labute approximate surface area is 191 Å². The molecule has 1 aromatic heterocycles. The largest absolute Gasteiger partial charge is 0.379 e. The van der Waals surface area contributed by atoms with Crippen LogP contribution in [0.5, 0.6) is 0 Å². The topological polar surface area (TPSA) is 79.8 Å². The molecule has 2 aromatic carbocycles. The van der Waals surface area contributed by atoms with E-state index in [1.54, 1.807) is 6.08 Å². The van der Waals surface area contributed by atoms with E-state index in [0.717, 1.165) is 11.3 Å². The number of rotatable bonds is 7. The third-order valence-electron chi connectivity index (χ3n) is 5.06. The van der Waals surface area contributed by atoms with Crippen molar-refractivity contribution in [1.82, 2.24) is 9.29 Å². The lowest BCUT2D eigenvalue weighted by atomic mass is 10.2. The van der Waals surface area contributed by atoms with Crippen LogP contribution in [0, 0.1) is 0 Å². The zero-order chi connectivity index (χ0) is 22.6. The average molecular weight is 470 g/mol. The number of anilines is 1. The van der Waals surface area contributed by atoms with Gasteiger partial charge in [0.2, 0.25) is 10.0 Å². The van der Waals surface area contributed by atoms with Gasteiger partial charge in [-0.05, 0) is 24.3 Å². The van der Waals surface area contributed by atoms with Crippen molar-refractivity contribution in [2.24, 2.45) is 0 Å². The number of aromatic nitrogens is 1. The second-order valence-corrected chi connectivity index (χ2v) is 9.90. The van der Waals surface area contributed by atoms with Crippen molar-refractivity contribution in [3.05, 3.63) is 78.2 Å². The maximum absolute atomic E-state index is 13.2. The monoisotopic (exact) mass is 469 g/mol. The van der Waals surface area contributed by atoms with Crippen molar-refractivity contribution in [1.29, 1.82) is 0 Å². The van der Waals surface area contributed by atoms with Gasteiger partial charge in [-0.25, -0.2) is 13.4 Å². The molecule has 166 valence electrons. The molecule has 4 rings (SSSR count). The highest BCUT2D eigenvalue weighted by atomic mass is 32.2. The van der Waals surface area contributed by atoms with Crippen LogP contribution in [-0.2, 0) is 14.8 Å². The lowest BCUT2D eigenvalue weighted by Gasteiger charge is -2.26. The molecule has 7 nitrogen and oxygen atoms in total. The number of carbonyl (C=O) groups excluding carboxylic acids is 1. The van der Waals surface area contributed by atoms with Crippen molar-refractivity contribution in [3.8, 4) is 11.3 Å². The fourth-order valence-electron chi connectivity index (χ4n) is 3.37. The van der Waals surface area contributed by atoms with Crippen molar-refractivity contribution >= 4 is 32.4 Å². The van der Waals surface area contributed by atoms with Gasteiger partial charge in [-0.15, -0.1) is 17.9 Å². The van der Waals surface area contributed by atoms with E-state index < -0.39 is 10.0 Å². The number of carbonyl (C=O) groups is 1. The summed E-state index contributed by atoms with van der Waals surface area (Å²) in [5.74, 6) is -0.269. The smallest absolute Gasteiger partial charge is 0.260 e. The highest BCUT2D eigenvalue weighted by Gasteiger charge is 2.27. The van der Waals surface area contributed by atoms with Crippen LogP contribution in [0.2, 0.25) is 0 Å². The SMILES string of the molecule is C=CCN(C(=O)c1ccc(S(=O)(=O)N2CCOCC2)cc1)c1nc(-c2ccccc2)cs1. The van der Waals surface area contributed by atoms with E-state index in [4.69, 9.17) is 4.74 Å². The Hall–Kier alpha value is -2.85. The van der Waals surface area contributed by atoms with E-state index in [9.17, 15) is 13.2 Å². The number of amides is 1. The predicted molar refractivity (Wildman–Crippen MR) is 125 cm³/mol. The minimum Gasteiger partial charge on any atom is -0.379 e. The number of morpholine rings is 1. The zero-order valence-electron chi connectivity index (χ0n) is 17.4. The Morgan fingerprint density at radius 3 is 2.47 bits per heavy atom. The van der Waals surface area contributed by atoms with Gasteiger partial charge in [-0.3, -0.25) is 9.69 Å². The maximum atomic E-state index is 13.2. The van der Waals surface area contributed by atoms with Gasteiger partial charge in [0.05, 0.1) is 23.8 Å². The molecule has 1 aliphatic rings. The van der Waals surface area contributed by atoms with Crippen LogP contribution < -0.4 is 4.90 Å². The maximum Gasteiger partial charge on any atom is 0.260 e. The summed E-state index contributed by atoms with van der Waals surface area (Å²) in [7, 11) is -3.61. The van der Waals surface area contributed by atoms with Gasteiger partial charge in [0.15, 0.2) is 5.13 Å². The van der Waals surface area contributed by atoms with Crippen molar-refractivity contribution in [2.45, 2.75) is 4.90 Å². The fraction of sp³-hybridized carbons (Fsp3) is 0.217. The number of benzene rings is 2. The van der Waals surface area contributed by atoms with E-state index >= 15 is 0 Å². The summed E-state index contributed by atoms with van der Waals surface area (Å²) in [5, 5.41) is 2.46. The number of hydrogen-bond acceptors (Lipinski definition) is 6. The van der Waals surface area contributed by atoms with Crippen LogP contribution in [0.1, 0.15) is 10.4 Å². The van der Waals surface area contributed by atoms with Crippen molar-refractivity contribution < 1.29 is 17.9 Å². The van der Waals surface area contributed by atoms with Gasteiger partial charge in [-0.1, -0.05) is 36.4 Å². The molecule has 0 aliphatic carbocycles. The molecule has 3 aromatic rings. The van der Waals surface area contributed by atoms with Gasteiger partial charge >= 0.3 is 0 Å². The van der Waals surface area contributed by atoms with E-state index in [1.807, 2.05) is 35.7 Å². The van der Waals surface area contributed by atoms with Gasteiger partial charge < -0.3 is 4.74 Å². The Morgan fingerprint density at radius 2 is 1.81 bits per heavy atom. The first kappa shape index (κ1) is 22.3. The molecule has 0 saturated carbocycles. The highest BCUT2D eigenvalue weighted by Crippen LogP contribution is 2.28. The third kappa shape index (κ3) is 4.66. The molecule has 0 spiro atoms. The van der Waals surface area contributed by atoms with Crippen LogP contribution in [0.4, 0.5) is 5.13 Å². The molecular formula is C23H23N3O4S2. The molecule has 0 radical (unpaired) electrons. The lowest BCUT2D eigenvalue weighted by molar-refractivity contribution is 0.0730. The summed E-state index contributed by atoms with van der Waals surface area (Å²) in [4.78, 5) is 19.5. The summed E-state index contributed by atoms with van der Waals surface area (Å²) in [6.07, 6.45) is 1.64. The van der Waals surface area contributed by atoms with Crippen LogP contribution in [-0.4, -0.2) is 56.5 Å². The predicted octanol–water partition coefficient (Wildman–Crippen LogP) is 3.66. The molecule has 0 N–H and O–H groups in total. The lowest BCUT2D eigenvalue weighted by Crippen LogP contribution is -2.40. The Balaban J connectivity index is 1.56. The van der Waals surface area contributed by atoms with E-state index in [2.05, 4.69) is 11.6 Å². The first-order valence-corrected chi connectivity index (χ1v) is 12.4. The number of hydrogen-bond donors (Lipinski definition) is 0. The van der Waals surface area contributed by atoms with E-state index in [1.165, 1.54) is 44.8 Å². The standard InChI is InChI=1S/C23H23N3O4S2/c1-2-12-26(23-24-21(17-31-23)18-6-4-3-5-7-18)22(27)19-8-10-20(11-9-19)32(28,29)25-13-15-30-16-14-25/h2-11,17H,1,12-16H2. The van der Waals surface area contributed by atoms with Gasteiger partial charge in [0, 0.05) is 36.1 Å². The molecule has 1 fully saturated rings. The normalized spacial score (nSPS) is 14.8. The summed E-state index contributed by atoms with van der Waals surface area (Å²) in [6, 6.07) is 15.8. The molecule has 0 atom stereocenters. The number of ether oxygens (including phenoxy) is 1. The van der Waals surface area contributed by atoms with E-state index in [-0.39, 0.29) is 17.3 Å². The number of thiazole rings is 1. The molecule has 1 saturated heterocycles. The van der Waals surface area contributed by atoms with E-state index in [0.29, 0.717) is 37.0 Å². The molecule has 0 bridgehead atoms.